The Morgan fingerprint density at radius 2 is 2.24 bits per heavy atom. The van der Waals surface area contributed by atoms with Gasteiger partial charge < -0.3 is 9.30 Å². The van der Waals surface area contributed by atoms with E-state index >= 15 is 0 Å². The number of fused-ring (bicyclic) bond motifs is 1. The first-order chi connectivity index (χ1) is 10.1. The number of methoxy groups -OCH3 is 1. The molecule has 0 aliphatic carbocycles. The molecule has 3 rings (SSSR count). The Bertz CT molecular complexity index is 778. The molecule has 0 radical (unpaired) electrons. The van der Waals surface area contributed by atoms with Gasteiger partial charge in [-0.05, 0) is 26.0 Å². The summed E-state index contributed by atoms with van der Waals surface area (Å²) in [5.41, 5.74) is 4.81. The average Bonchev–Trinajstić information content (AvgIpc) is 3.04. The number of imidazole rings is 1. The van der Waals surface area contributed by atoms with Crippen molar-refractivity contribution in [1.29, 1.82) is 0 Å². The number of hydrogen-bond donors (Lipinski definition) is 0. The molecular formula is C15H16ClN3OS. The number of aromatic nitrogens is 3. The first-order valence-corrected chi connectivity index (χ1v) is 7.99. The van der Waals surface area contributed by atoms with Crippen molar-refractivity contribution in [2.45, 2.75) is 25.8 Å². The predicted molar refractivity (Wildman–Crippen MR) is 86.5 cm³/mol. The first-order valence-electron chi connectivity index (χ1n) is 6.68. The maximum Gasteiger partial charge on any atom is 0.146 e. The standard InChI is InChI=1S/C15H16ClN3OS/c1-9(16)15-18-14-11(5-4-6-12(14)20-3)19(15)7-13-10(2)17-8-21-13/h4-6,8-9H,7H2,1-3H3. The Labute approximate surface area is 132 Å². The van der Waals surface area contributed by atoms with Gasteiger partial charge in [-0.15, -0.1) is 22.9 Å². The summed E-state index contributed by atoms with van der Waals surface area (Å²) in [6, 6.07) is 5.94. The lowest BCUT2D eigenvalue weighted by molar-refractivity contribution is 0.419. The highest BCUT2D eigenvalue weighted by molar-refractivity contribution is 7.09. The monoisotopic (exact) mass is 321 g/mol. The van der Waals surface area contributed by atoms with Crippen molar-refractivity contribution in [3.05, 3.63) is 40.1 Å². The second-order valence-electron chi connectivity index (χ2n) is 4.86. The van der Waals surface area contributed by atoms with Crippen LogP contribution in [0.5, 0.6) is 5.75 Å². The van der Waals surface area contributed by atoms with E-state index in [4.69, 9.17) is 16.3 Å². The lowest BCUT2D eigenvalue weighted by Gasteiger charge is -2.10. The highest BCUT2D eigenvalue weighted by atomic mass is 35.5. The van der Waals surface area contributed by atoms with E-state index in [1.54, 1.807) is 18.4 Å². The zero-order chi connectivity index (χ0) is 15.0. The maximum atomic E-state index is 6.32. The van der Waals surface area contributed by atoms with Crippen molar-refractivity contribution in [2.24, 2.45) is 0 Å². The van der Waals surface area contributed by atoms with E-state index in [9.17, 15) is 0 Å². The molecule has 21 heavy (non-hydrogen) atoms. The molecule has 0 saturated carbocycles. The van der Waals surface area contributed by atoms with E-state index in [1.165, 1.54) is 4.88 Å². The summed E-state index contributed by atoms with van der Waals surface area (Å²) in [5, 5.41) is -0.171. The van der Waals surface area contributed by atoms with Gasteiger partial charge in [0.25, 0.3) is 0 Å². The Morgan fingerprint density at radius 3 is 2.86 bits per heavy atom. The Kier molecular flexibility index (Phi) is 3.87. The summed E-state index contributed by atoms with van der Waals surface area (Å²) in [5.74, 6) is 1.62. The van der Waals surface area contributed by atoms with Crippen molar-refractivity contribution >= 4 is 34.0 Å². The SMILES string of the molecule is COc1cccc2c1nc(C(C)Cl)n2Cc1scnc1C. The Morgan fingerprint density at radius 1 is 1.43 bits per heavy atom. The minimum atomic E-state index is -0.171. The number of para-hydroxylation sites is 1. The number of benzene rings is 1. The van der Waals surface area contributed by atoms with Crippen molar-refractivity contribution in [2.75, 3.05) is 7.11 Å². The first kappa shape index (κ1) is 14.4. The van der Waals surface area contributed by atoms with Gasteiger partial charge in [0.1, 0.15) is 17.1 Å². The number of hydrogen-bond acceptors (Lipinski definition) is 4. The van der Waals surface area contributed by atoms with Crippen LogP contribution in [0.4, 0.5) is 0 Å². The van der Waals surface area contributed by atoms with E-state index in [0.717, 1.165) is 34.8 Å². The number of alkyl halides is 1. The molecule has 2 aromatic heterocycles. The van der Waals surface area contributed by atoms with E-state index < -0.39 is 0 Å². The second-order valence-corrected chi connectivity index (χ2v) is 6.46. The summed E-state index contributed by atoms with van der Waals surface area (Å²) in [4.78, 5) is 10.2. The van der Waals surface area contributed by atoms with Crippen LogP contribution in [-0.4, -0.2) is 21.6 Å². The number of thiazole rings is 1. The number of ether oxygens (including phenoxy) is 1. The minimum absolute atomic E-state index is 0.171. The molecule has 0 aliphatic rings. The van der Waals surface area contributed by atoms with E-state index in [-0.39, 0.29) is 5.38 Å². The molecule has 6 heteroatoms. The molecular weight excluding hydrogens is 306 g/mol. The van der Waals surface area contributed by atoms with Gasteiger partial charge in [0.05, 0.1) is 35.8 Å². The third-order valence-corrected chi connectivity index (χ3v) is 4.61. The molecule has 4 nitrogen and oxygen atoms in total. The fourth-order valence-electron chi connectivity index (χ4n) is 2.40. The van der Waals surface area contributed by atoms with Gasteiger partial charge >= 0.3 is 0 Å². The molecule has 0 bridgehead atoms. The Balaban J connectivity index is 2.19. The van der Waals surface area contributed by atoms with Crippen LogP contribution >= 0.6 is 22.9 Å². The molecule has 0 saturated heterocycles. The van der Waals surface area contributed by atoms with Gasteiger partial charge in [0.2, 0.25) is 0 Å². The normalized spacial score (nSPS) is 12.8. The number of halogens is 1. The molecule has 0 N–H and O–H groups in total. The summed E-state index contributed by atoms with van der Waals surface area (Å²) in [6.45, 7) is 4.69. The third-order valence-electron chi connectivity index (χ3n) is 3.49. The lowest BCUT2D eigenvalue weighted by Crippen LogP contribution is -2.05. The smallest absolute Gasteiger partial charge is 0.146 e. The van der Waals surface area contributed by atoms with Gasteiger partial charge in [-0.25, -0.2) is 9.97 Å². The van der Waals surface area contributed by atoms with Crippen LogP contribution in [0.15, 0.2) is 23.7 Å². The van der Waals surface area contributed by atoms with Gasteiger partial charge in [-0.1, -0.05) is 6.07 Å². The molecule has 110 valence electrons. The van der Waals surface area contributed by atoms with Gasteiger partial charge in [-0.2, -0.15) is 0 Å². The largest absolute Gasteiger partial charge is 0.494 e. The quantitative estimate of drug-likeness (QED) is 0.677. The molecule has 1 unspecified atom stereocenters. The van der Waals surface area contributed by atoms with Crippen LogP contribution < -0.4 is 4.74 Å². The fourth-order valence-corrected chi connectivity index (χ4v) is 3.33. The van der Waals surface area contributed by atoms with Crippen molar-refractivity contribution in [1.82, 2.24) is 14.5 Å². The topological polar surface area (TPSA) is 39.9 Å². The molecule has 0 spiro atoms. The minimum Gasteiger partial charge on any atom is -0.494 e. The van der Waals surface area contributed by atoms with Crippen LogP contribution in [-0.2, 0) is 6.54 Å². The summed E-state index contributed by atoms with van der Waals surface area (Å²) < 4.78 is 7.55. The number of aryl methyl sites for hydroxylation is 1. The lowest BCUT2D eigenvalue weighted by atomic mass is 10.3. The van der Waals surface area contributed by atoms with E-state index in [1.807, 2.05) is 37.6 Å². The maximum absolute atomic E-state index is 6.32. The summed E-state index contributed by atoms with van der Waals surface area (Å²) in [7, 11) is 1.66. The van der Waals surface area contributed by atoms with Crippen LogP contribution in [0, 0.1) is 6.92 Å². The molecule has 0 aliphatic heterocycles. The molecule has 0 fully saturated rings. The number of rotatable bonds is 4. The van der Waals surface area contributed by atoms with Crippen LogP contribution in [0.25, 0.3) is 11.0 Å². The van der Waals surface area contributed by atoms with Gasteiger partial charge in [0.15, 0.2) is 0 Å². The van der Waals surface area contributed by atoms with E-state index in [0.29, 0.717) is 0 Å². The highest BCUT2D eigenvalue weighted by Crippen LogP contribution is 2.31. The molecule has 2 heterocycles. The average molecular weight is 322 g/mol. The van der Waals surface area contributed by atoms with Crippen LogP contribution in [0.3, 0.4) is 0 Å². The molecule has 0 amide bonds. The number of nitrogens with zero attached hydrogens (tertiary/aromatic N) is 3. The summed E-state index contributed by atoms with van der Waals surface area (Å²) >= 11 is 7.97. The zero-order valence-corrected chi connectivity index (χ0v) is 13.7. The van der Waals surface area contributed by atoms with Gasteiger partial charge in [0, 0.05) is 4.88 Å². The summed E-state index contributed by atoms with van der Waals surface area (Å²) in [6.07, 6.45) is 0. The van der Waals surface area contributed by atoms with E-state index in [2.05, 4.69) is 14.5 Å². The third kappa shape index (κ3) is 2.51. The predicted octanol–water partition coefficient (Wildman–Crippen LogP) is 4.16. The van der Waals surface area contributed by atoms with Crippen LogP contribution in [0.1, 0.15) is 28.7 Å². The highest BCUT2D eigenvalue weighted by Gasteiger charge is 2.18. The zero-order valence-electron chi connectivity index (χ0n) is 12.1. The Hall–Kier alpha value is -1.59. The van der Waals surface area contributed by atoms with Crippen molar-refractivity contribution < 1.29 is 4.74 Å². The van der Waals surface area contributed by atoms with Crippen LogP contribution in [0.2, 0.25) is 0 Å². The second kappa shape index (κ2) is 5.66. The fraction of sp³-hybridized carbons (Fsp3) is 0.333. The van der Waals surface area contributed by atoms with Crippen molar-refractivity contribution in [3.8, 4) is 5.75 Å². The molecule has 1 aromatic carbocycles. The molecule has 3 aromatic rings. The van der Waals surface area contributed by atoms with Crippen molar-refractivity contribution in [3.63, 3.8) is 0 Å². The molecule has 1 atom stereocenters. The van der Waals surface area contributed by atoms with Gasteiger partial charge in [-0.3, -0.25) is 0 Å².